The van der Waals surface area contributed by atoms with Crippen molar-refractivity contribution in [2.75, 3.05) is 13.1 Å². The Labute approximate surface area is 119 Å². The predicted octanol–water partition coefficient (Wildman–Crippen LogP) is 3.27. The molecule has 1 heterocycles. The topological polar surface area (TPSA) is 15.3 Å². The van der Waals surface area contributed by atoms with Crippen LogP contribution in [-0.4, -0.2) is 36.1 Å². The Bertz CT molecular complexity index is 302. The molecule has 1 aliphatic heterocycles. The van der Waals surface area contributed by atoms with Crippen molar-refractivity contribution in [1.82, 2.24) is 10.2 Å². The van der Waals surface area contributed by atoms with Gasteiger partial charge >= 0.3 is 0 Å². The molecule has 5 atom stereocenters. The van der Waals surface area contributed by atoms with Crippen LogP contribution in [0.2, 0.25) is 0 Å². The molecule has 2 bridgehead atoms. The first-order chi connectivity index (χ1) is 9.13. The summed E-state index contributed by atoms with van der Waals surface area (Å²) in [6.07, 6.45) is 8.90. The van der Waals surface area contributed by atoms with E-state index in [4.69, 9.17) is 0 Å². The molecule has 19 heavy (non-hydrogen) atoms. The third-order valence-corrected chi connectivity index (χ3v) is 6.01. The van der Waals surface area contributed by atoms with Gasteiger partial charge in [0.1, 0.15) is 0 Å². The second kappa shape index (κ2) is 5.73. The molecule has 5 unspecified atom stereocenters. The minimum Gasteiger partial charge on any atom is -0.311 e. The van der Waals surface area contributed by atoms with Crippen molar-refractivity contribution in [3.63, 3.8) is 0 Å². The lowest BCUT2D eigenvalue weighted by Crippen LogP contribution is -2.52. The van der Waals surface area contributed by atoms with Crippen LogP contribution in [0.5, 0.6) is 0 Å². The highest BCUT2D eigenvalue weighted by Crippen LogP contribution is 2.50. The number of piperidine rings is 1. The highest BCUT2D eigenvalue weighted by molar-refractivity contribution is 4.96. The molecule has 1 saturated heterocycles. The Kier molecular flexibility index (Phi) is 4.19. The Morgan fingerprint density at radius 1 is 1.05 bits per heavy atom. The van der Waals surface area contributed by atoms with Crippen LogP contribution in [0.1, 0.15) is 59.3 Å². The molecule has 0 aromatic carbocycles. The number of hydrogen-bond donors (Lipinski definition) is 1. The predicted molar refractivity (Wildman–Crippen MR) is 81.3 cm³/mol. The van der Waals surface area contributed by atoms with Gasteiger partial charge in [0.15, 0.2) is 0 Å². The maximum Gasteiger partial charge on any atom is 0.0197 e. The lowest BCUT2D eigenvalue weighted by molar-refractivity contribution is 0.0834. The van der Waals surface area contributed by atoms with Gasteiger partial charge in [-0.1, -0.05) is 20.3 Å². The van der Waals surface area contributed by atoms with Gasteiger partial charge in [-0.2, -0.15) is 0 Å². The van der Waals surface area contributed by atoms with E-state index in [0.717, 1.165) is 29.8 Å². The van der Waals surface area contributed by atoms with Crippen molar-refractivity contribution in [1.29, 1.82) is 0 Å². The van der Waals surface area contributed by atoms with E-state index in [9.17, 15) is 0 Å². The first kappa shape index (κ1) is 13.9. The number of hydrogen-bond acceptors (Lipinski definition) is 2. The Hall–Kier alpha value is -0.0800. The summed E-state index contributed by atoms with van der Waals surface area (Å²) >= 11 is 0. The van der Waals surface area contributed by atoms with Crippen molar-refractivity contribution in [2.24, 2.45) is 17.8 Å². The average Bonchev–Trinajstić information content (AvgIpc) is 2.99. The van der Waals surface area contributed by atoms with Crippen molar-refractivity contribution in [2.45, 2.75) is 77.4 Å². The summed E-state index contributed by atoms with van der Waals surface area (Å²) in [6.45, 7) is 9.69. The molecule has 0 aromatic rings. The standard InChI is InChI=1S/C17H32N2/c1-12(2)18-16-5-4-8-19(11-16)13(3)17-10-14-6-7-15(17)9-14/h12-18H,4-11H2,1-3H3. The molecule has 2 aliphatic carbocycles. The van der Waals surface area contributed by atoms with Gasteiger partial charge in [0.05, 0.1) is 0 Å². The second-order valence-corrected chi connectivity index (χ2v) is 7.73. The van der Waals surface area contributed by atoms with Gasteiger partial charge in [0.2, 0.25) is 0 Å². The van der Waals surface area contributed by atoms with E-state index >= 15 is 0 Å². The lowest BCUT2D eigenvalue weighted by Gasteiger charge is -2.42. The monoisotopic (exact) mass is 264 g/mol. The SMILES string of the molecule is CC(C)NC1CCCN(C(C)C2CC3CCC2C3)C1. The molecule has 3 rings (SSSR count). The Morgan fingerprint density at radius 2 is 1.89 bits per heavy atom. The molecule has 3 aliphatic rings. The van der Waals surface area contributed by atoms with E-state index in [-0.39, 0.29) is 0 Å². The summed E-state index contributed by atoms with van der Waals surface area (Å²) in [5.74, 6) is 3.17. The number of nitrogens with one attached hydrogen (secondary N) is 1. The number of nitrogens with zero attached hydrogens (tertiary/aromatic N) is 1. The largest absolute Gasteiger partial charge is 0.311 e. The normalized spacial score (nSPS) is 41.1. The van der Waals surface area contributed by atoms with E-state index in [1.165, 1.54) is 45.2 Å². The first-order valence-electron chi connectivity index (χ1n) is 8.63. The van der Waals surface area contributed by atoms with Crippen LogP contribution in [0.25, 0.3) is 0 Å². The van der Waals surface area contributed by atoms with Gasteiger partial charge in [0, 0.05) is 24.7 Å². The summed E-state index contributed by atoms with van der Waals surface area (Å²) in [5.41, 5.74) is 0. The zero-order chi connectivity index (χ0) is 13.4. The molecular formula is C17H32N2. The third-order valence-electron chi connectivity index (χ3n) is 6.01. The van der Waals surface area contributed by atoms with Gasteiger partial charge in [-0.3, -0.25) is 4.90 Å². The molecule has 2 nitrogen and oxygen atoms in total. The number of fused-ring (bicyclic) bond motifs is 2. The number of rotatable bonds is 4. The maximum absolute atomic E-state index is 3.75. The minimum absolute atomic E-state index is 0.628. The fourth-order valence-electron chi connectivity index (χ4n) is 5.14. The molecule has 0 aromatic heterocycles. The fraction of sp³-hybridized carbons (Fsp3) is 1.00. The summed E-state index contributed by atoms with van der Waals surface area (Å²) in [5, 5.41) is 3.75. The van der Waals surface area contributed by atoms with Crippen LogP contribution in [0.4, 0.5) is 0 Å². The van der Waals surface area contributed by atoms with E-state index in [0.29, 0.717) is 6.04 Å². The van der Waals surface area contributed by atoms with Gasteiger partial charge in [-0.15, -0.1) is 0 Å². The van der Waals surface area contributed by atoms with E-state index < -0.39 is 0 Å². The van der Waals surface area contributed by atoms with Gasteiger partial charge in [-0.25, -0.2) is 0 Å². The third kappa shape index (κ3) is 3.00. The summed E-state index contributed by atoms with van der Waals surface area (Å²) < 4.78 is 0. The number of likely N-dealkylation sites (tertiary alicyclic amines) is 1. The van der Waals surface area contributed by atoms with Crippen LogP contribution in [0.15, 0.2) is 0 Å². The lowest BCUT2D eigenvalue weighted by atomic mass is 9.82. The van der Waals surface area contributed by atoms with Gasteiger partial charge < -0.3 is 5.32 Å². The zero-order valence-electron chi connectivity index (χ0n) is 13.1. The molecule has 3 fully saturated rings. The van der Waals surface area contributed by atoms with Gasteiger partial charge in [0.25, 0.3) is 0 Å². The zero-order valence-corrected chi connectivity index (χ0v) is 13.1. The maximum atomic E-state index is 3.75. The molecule has 1 N–H and O–H groups in total. The van der Waals surface area contributed by atoms with Crippen molar-refractivity contribution in [3.05, 3.63) is 0 Å². The van der Waals surface area contributed by atoms with Crippen LogP contribution in [0.3, 0.4) is 0 Å². The molecular weight excluding hydrogens is 232 g/mol. The average molecular weight is 264 g/mol. The van der Waals surface area contributed by atoms with Crippen molar-refractivity contribution in [3.8, 4) is 0 Å². The molecule has 0 radical (unpaired) electrons. The highest BCUT2D eigenvalue weighted by atomic mass is 15.2. The smallest absolute Gasteiger partial charge is 0.0197 e. The van der Waals surface area contributed by atoms with E-state index in [1.807, 2.05) is 0 Å². The first-order valence-corrected chi connectivity index (χ1v) is 8.63. The summed E-state index contributed by atoms with van der Waals surface area (Å²) in [7, 11) is 0. The Balaban J connectivity index is 1.56. The highest BCUT2D eigenvalue weighted by Gasteiger charge is 2.43. The van der Waals surface area contributed by atoms with E-state index in [2.05, 4.69) is 31.0 Å². The molecule has 2 saturated carbocycles. The van der Waals surface area contributed by atoms with Crippen LogP contribution in [-0.2, 0) is 0 Å². The van der Waals surface area contributed by atoms with Crippen molar-refractivity contribution < 1.29 is 0 Å². The molecule has 110 valence electrons. The molecule has 2 heteroatoms. The fourth-order valence-corrected chi connectivity index (χ4v) is 5.14. The van der Waals surface area contributed by atoms with Crippen LogP contribution < -0.4 is 5.32 Å². The van der Waals surface area contributed by atoms with Gasteiger partial charge in [-0.05, 0) is 63.3 Å². The van der Waals surface area contributed by atoms with Crippen LogP contribution in [0, 0.1) is 17.8 Å². The van der Waals surface area contributed by atoms with E-state index in [1.54, 1.807) is 6.42 Å². The quantitative estimate of drug-likeness (QED) is 0.838. The molecule has 0 amide bonds. The summed E-state index contributed by atoms with van der Waals surface area (Å²) in [4.78, 5) is 2.80. The molecule has 0 spiro atoms. The second-order valence-electron chi connectivity index (χ2n) is 7.73. The summed E-state index contributed by atoms with van der Waals surface area (Å²) in [6, 6.07) is 2.18. The van der Waals surface area contributed by atoms with Crippen LogP contribution >= 0.6 is 0 Å². The minimum atomic E-state index is 0.628. The van der Waals surface area contributed by atoms with Crippen molar-refractivity contribution >= 4 is 0 Å². The Morgan fingerprint density at radius 3 is 2.53 bits per heavy atom.